The quantitative estimate of drug-likeness (QED) is 0.565. The Hall–Kier alpha value is -1.33. The molecule has 0 amide bonds. The summed E-state index contributed by atoms with van der Waals surface area (Å²) in [7, 11) is 0. The van der Waals surface area contributed by atoms with Crippen molar-refractivity contribution in [3.8, 4) is 0 Å². The van der Waals surface area contributed by atoms with Crippen LogP contribution in [0.2, 0.25) is 0 Å². The summed E-state index contributed by atoms with van der Waals surface area (Å²) in [5.41, 5.74) is 2.27. The summed E-state index contributed by atoms with van der Waals surface area (Å²) in [6.07, 6.45) is 1.64. The Labute approximate surface area is 60.5 Å². The minimum absolute atomic E-state index is 1.03. The van der Waals surface area contributed by atoms with Gasteiger partial charge >= 0.3 is 0 Å². The van der Waals surface area contributed by atoms with E-state index in [1.165, 1.54) is 5.56 Å². The second-order valence-electron chi connectivity index (χ2n) is 2.20. The van der Waals surface area contributed by atoms with Gasteiger partial charge in [-0.1, -0.05) is 29.8 Å². The predicted molar refractivity (Wildman–Crippen MR) is 43.4 cm³/mol. The van der Waals surface area contributed by atoms with Gasteiger partial charge in [0.05, 0.1) is 0 Å². The normalized spacial score (nSPS) is 8.50. The van der Waals surface area contributed by atoms with Crippen molar-refractivity contribution >= 4 is 11.9 Å². The lowest BCUT2D eigenvalue weighted by atomic mass is 10.1. The molecule has 0 atom stereocenters. The van der Waals surface area contributed by atoms with E-state index in [4.69, 9.17) is 5.41 Å². The van der Waals surface area contributed by atoms with E-state index >= 15 is 0 Å². The second-order valence-corrected chi connectivity index (χ2v) is 2.20. The summed E-state index contributed by atoms with van der Waals surface area (Å²) in [6.45, 7) is 2.04. The van der Waals surface area contributed by atoms with Gasteiger partial charge < -0.3 is 0 Å². The van der Waals surface area contributed by atoms with Crippen molar-refractivity contribution in [1.82, 2.24) is 0 Å². The molecule has 0 aromatic heterocycles. The molecule has 0 saturated carbocycles. The van der Waals surface area contributed by atoms with Crippen molar-refractivity contribution in [1.29, 1.82) is 5.41 Å². The molecule has 1 rings (SSSR count). The van der Waals surface area contributed by atoms with E-state index in [2.05, 4.69) is 5.87 Å². The maximum Gasteiger partial charge on any atom is 0.00624 e. The molecule has 1 aromatic rings. The van der Waals surface area contributed by atoms with Gasteiger partial charge in [0.25, 0.3) is 0 Å². The summed E-state index contributed by atoms with van der Waals surface area (Å²) in [5.74, 6) is 2.23. The van der Waals surface area contributed by atoms with Gasteiger partial charge in [-0.05, 0) is 18.4 Å². The molecule has 0 bridgehead atoms. The third kappa shape index (κ3) is 1.57. The van der Waals surface area contributed by atoms with Crippen molar-refractivity contribution in [3.05, 3.63) is 35.4 Å². The van der Waals surface area contributed by atoms with E-state index in [0.717, 1.165) is 5.56 Å². The molecule has 0 fully saturated rings. The number of aryl methyl sites for hydroxylation is 1. The first-order valence-corrected chi connectivity index (χ1v) is 3.15. The molecule has 0 aliphatic rings. The zero-order valence-electron chi connectivity index (χ0n) is 5.89. The van der Waals surface area contributed by atoms with Gasteiger partial charge in [0.15, 0.2) is 0 Å². The molecule has 1 heteroatoms. The number of hydrogen-bond acceptors (Lipinski definition) is 1. The minimum Gasteiger partial charge on any atom is -0.259 e. The first-order valence-electron chi connectivity index (χ1n) is 3.15. The lowest BCUT2D eigenvalue weighted by molar-refractivity contribution is 1.46. The number of rotatable bonds is 1. The summed E-state index contributed by atoms with van der Waals surface area (Å²) in [4.78, 5) is 0. The van der Waals surface area contributed by atoms with Crippen LogP contribution in [0, 0.1) is 12.3 Å². The Morgan fingerprint density at radius 3 is 2.40 bits per heavy atom. The highest BCUT2D eigenvalue weighted by molar-refractivity contribution is 5.75. The summed E-state index contributed by atoms with van der Waals surface area (Å²) >= 11 is 0. The van der Waals surface area contributed by atoms with Gasteiger partial charge in [-0.25, -0.2) is 0 Å². The molecule has 0 aliphatic carbocycles. The Morgan fingerprint density at radius 1 is 1.30 bits per heavy atom. The third-order valence-corrected chi connectivity index (χ3v) is 1.32. The van der Waals surface area contributed by atoms with Gasteiger partial charge in [-0.15, -0.1) is 0 Å². The van der Waals surface area contributed by atoms with Crippen LogP contribution in [0.5, 0.6) is 0 Å². The Bertz CT molecular complexity index is 253. The fourth-order valence-electron chi connectivity index (χ4n) is 0.746. The average molecular weight is 131 g/mol. The lowest BCUT2D eigenvalue weighted by Gasteiger charge is -1.90. The Kier molecular flexibility index (Phi) is 2.03. The van der Waals surface area contributed by atoms with Crippen LogP contribution < -0.4 is 0 Å². The molecule has 1 N–H and O–H groups in total. The molecule has 1 aromatic carbocycles. The van der Waals surface area contributed by atoms with Crippen molar-refractivity contribution < 1.29 is 0 Å². The fraction of sp³-hybridized carbons (Fsp3) is 0.111. The van der Waals surface area contributed by atoms with E-state index in [9.17, 15) is 0 Å². The van der Waals surface area contributed by atoms with Crippen molar-refractivity contribution in [2.45, 2.75) is 6.92 Å². The fourth-order valence-corrected chi connectivity index (χ4v) is 0.746. The Morgan fingerprint density at radius 2 is 1.90 bits per heavy atom. The standard InChI is InChI=1S/C9H9N/c1-8-2-4-9(5-3-8)6-7-10/h2-6,10H,1H3. The van der Waals surface area contributed by atoms with Crippen LogP contribution in [-0.4, -0.2) is 5.87 Å². The number of benzene rings is 1. The van der Waals surface area contributed by atoms with Crippen molar-refractivity contribution in [2.24, 2.45) is 0 Å². The monoisotopic (exact) mass is 131 g/mol. The van der Waals surface area contributed by atoms with Crippen LogP contribution >= 0.6 is 0 Å². The van der Waals surface area contributed by atoms with Gasteiger partial charge in [-0.3, -0.25) is 5.41 Å². The Balaban J connectivity index is 3.00. The van der Waals surface area contributed by atoms with Crippen LogP contribution in [-0.2, 0) is 0 Å². The molecule has 10 heavy (non-hydrogen) atoms. The molecule has 1 nitrogen and oxygen atoms in total. The van der Waals surface area contributed by atoms with Gasteiger partial charge in [0.1, 0.15) is 0 Å². The maximum absolute atomic E-state index is 6.69. The third-order valence-electron chi connectivity index (χ3n) is 1.32. The van der Waals surface area contributed by atoms with Crippen molar-refractivity contribution in [2.75, 3.05) is 0 Å². The topological polar surface area (TPSA) is 23.9 Å². The number of hydrogen-bond donors (Lipinski definition) is 1. The summed E-state index contributed by atoms with van der Waals surface area (Å²) in [5, 5.41) is 6.69. The van der Waals surface area contributed by atoms with Crippen LogP contribution in [0.1, 0.15) is 11.1 Å². The van der Waals surface area contributed by atoms with E-state index in [1.54, 1.807) is 6.08 Å². The molecule has 50 valence electrons. The van der Waals surface area contributed by atoms with Crippen LogP contribution in [0.3, 0.4) is 0 Å². The number of nitrogens with one attached hydrogen (secondary N) is 1. The minimum atomic E-state index is 1.03. The van der Waals surface area contributed by atoms with E-state index in [1.807, 2.05) is 31.2 Å². The molecule has 0 aliphatic heterocycles. The summed E-state index contributed by atoms with van der Waals surface area (Å²) in [6, 6.07) is 7.97. The van der Waals surface area contributed by atoms with E-state index in [-0.39, 0.29) is 0 Å². The molecule has 0 heterocycles. The average Bonchev–Trinajstić information content (AvgIpc) is 1.95. The highest BCUT2D eigenvalue weighted by Gasteiger charge is 1.83. The van der Waals surface area contributed by atoms with Gasteiger partial charge in [0, 0.05) is 6.08 Å². The van der Waals surface area contributed by atoms with Crippen LogP contribution in [0.15, 0.2) is 24.3 Å². The van der Waals surface area contributed by atoms with Gasteiger partial charge in [0.2, 0.25) is 0 Å². The SMILES string of the molecule is Cc1ccc(C=C=N)cc1. The molecular formula is C9H9N. The zero-order chi connectivity index (χ0) is 7.40. The zero-order valence-corrected chi connectivity index (χ0v) is 5.89. The van der Waals surface area contributed by atoms with Crippen molar-refractivity contribution in [3.63, 3.8) is 0 Å². The van der Waals surface area contributed by atoms with Crippen LogP contribution in [0.4, 0.5) is 0 Å². The molecule has 0 unspecified atom stereocenters. The smallest absolute Gasteiger partial charge is 0.00624 e. The van der Waals surface area contributed by atoms with Gasteiger partial charge in [-0.2, -0.15) is 0 Å². The maximum atomic E-state index is 6.69. The highest BCUT2D eigenvalue weighted by Crippen LogP contribution is 2.02. The van der Waals surface area contributed by atoms with Crippen LogP contribution in [0.25, 0.3) is 6.08 Å². The lowest BCUT2D eigenvalue weighted by Crippen LogP contribution is -1.72. The molecule has 0 saturated heterocycles. The second kappa shape index (κ2) is 3.00. The molecular weight excluding hydrogens is 122 g/mol. The summed E-state index contributed by atoms with van der Waals surface area (Å²) < 4.78 is 0. The molecule has 0 radical (unpaired) electrons. The highest BCUT2D eigenvalue weighted by atomic mass is 14.3. The van der Waals surface area contributed by atoms with E-state index in [0.29, 0.717) is 0 Å². The largest absolute Gasteiger partial charge is 0.259 e. The predicted octanol–water partition coefficient (Wildman–Crippen LogP) is 2.26. The molecule has 0 spiro atoms. The first kappa shape index (κ1) is 6.79. The first-order chi connectivity index (χ1) is 4.83. The van der Waals surface area contributed by atoms with E-state index < -0.39 is 0 Å².